The molecule has 7 heteroatoms. The van der Waals surface area contributed by atoms with Gasteiger partial charge in [-0.3, -0.25) is 4.98 Å². The van der Waals surface area contributed by atoms with Gasteiger partial charge in [-0.05, 0) is 64.9 Å². The number of benzene rings is 1. The Kier molecular flexibility index (Phi) is 6.24. The van der Waals surface area contributed by atoms with E-state index >= 15 is 0 Å². The van der Waals surface area contributed by atoms with Crippen LogP contribution in [0.25, 0.3) is 0 Å². The maximum atomic E-state index is 5.70. The molecule has 2 N–H and O–H groups in total. The van der Waals surface area contributed by atoms with Crippen molar-refractivity contribution in [2.24, 2.45) is 0 Å². The van der Waals surface area contributed by atoms with Crippen LogP contribution in [0.2, 0.25) is 0 Å². The molecule has 1 aromatic carbocycles. The first-order valence-corrected chi connectivity index (χ1v) is 11.3. The Labute approximate surface area is 183 Å². The number of aromatic nitrogens is 1. The normalized spacial score (nSPS) is 18.9. The molecular weight excluding hydrogens is 452 g/mol. The van der Waals surface area contributed by atoms with Gasteiger partial charge in [0.1, 0.15) is 0 Å². The van der Waals surface area contributed by atoms with E-state index in [9.17, 15) is 0 Å². The van der Waals surface area contributed by atoms with Crippen molar-refractivity contribution in [1.29, 1.82) is 0 Å². The number of hydrogen-bond donors (Lipinski definition) is 2. The molecular formula is C21H21BrN4S2. The highest BCUT2D eigenvalue weighted by Crippen LogP contribution is 2.41. The van der Waals surface area contributed by atoms with Crippen LogP contribution in [0.1, 0.15) is 29.1 Å². The molecule has 2 aromatic heterocycles. The largest absolute Gasteiger partial charge is 0.385 e. The minimum atomic E-state index is 0.0568. The van der Waals surface area contributed by atoms with Crippen molar-refractivity contribution in [1.82, 2.24) is 15.2 Å². The Hall–Kier alpha value is -1.96. The fraction of sp³-hybridized carbons (Fsp3) is 0.238. The Morgan fingerprint density at radius 1 is 1.18 bits per heavy atom. The van der Waals surface area contributed by atoms with E-state index in [1.54, 1.807) is 11.3 Å². The number of halogens is 1. The van der Waals surface area contributed by atoms with E-state index in [2.05, 4.69) is 66.1 Å². The third-order valence-corrected chi connectivity index (χ3v) is 6.87. The van der Waals surface area contributed by atoms with E-state index in [1.165, 1.54) is 4.88 Å². The summed E-state index contributed by atoms with van der Waals surface area (Å²) in [5.41, 5.74) is 2.17. The summed E-state index contributed by atoms with van der Waals surface area (Å²) in [6.45, 7) is 1.79. The van der Waals surface area contributed by atoms with Gasteiger partial charge >= 0.3 is 0 Å². The molecule has 0 unspecified atom stereocenters. The zero-order valence-corrected chi connectivity index (χ0v) is 18.4. The summed E-state index contributed by atoms with van der Waals surface area (Å²) in [5.74, 6) is 0. The highest BCUT2D eigenvalue weighted by atomic mass is 79.9. The van der Waals surface area contributed by atoms with E-state index in [4.69, 9.17) is 12.2 Å². The van der Waals surface area contributed by atoms with Gasteiger partial charge in [0.05, 0.1) is 17.8 Å². The van der Waals surface area contributed by atoms with Gasteiger partial charge in [-0.15, -0.1) is 11.3 Å². The Bertz CT molecular complexity index is 916. The monoisotopic (exact) mass is 472 g/mol. The van der Waals surface area contributed by atoms with Crippen molar-refractivity contribution in [2.45, 2.75) is 18.5 Å². The lowest BCUT2D eigenvalue weighted by Crippen LogP contribution is -2.31. The van der Waals surface area contributed by atoms with E-state index in [0.29, 0.717) is 0 Å². The number of rotatable bonds is 7. The van der Waals surface area contributed by atoms with Gasteiger partial charge in [-0.2, -0.15) is 0 Å². The Morgan fingerprint density at radius 3 is 2.71 bits per heavy atom. The maximum absolute atomic E-state index is 5.70. The van der Waals surface area contributed by atoms with Crippen LogP contribution >= 0.6 is 39.5 Å². The molecule has 3 heterocycles. The summed E-state index contributed by atoms with van der Waals surface area (Å²) in [4.78, 5) is 8.17. The second-order valence-corrected chi connectivity index (χ2v) is 8.88. The van der Waals surface area contributed by atoms with E-state index < -0.39 is 0 Å². The fourth-order valence-electron chi connectivity index (χ4n) is 3.48. The number of para-hydroxylation sites is 1. The molecule has 0 radical (unpaired) electrons. The van der Waals surface area contributed by atoms with E-state index in [1.807, 2.05) is 36.5 Å². The molecule has 3 aromatic rings. The summed E-state index contributed by atoms with van der Waals surface area (Å²) in [6, 6.07) is 18.7. The van der Waals surface area contributed by atoms with Gasteiger partial charge in [-0.25, -0.2) is 0 Å². The third kappa shape index (κ3) is 4.37. The van der Waals surface area contributed by atoms with Gasteiger partial charge in [0.25, 0.3) is 0 Å². The zero-order valence-electron chi connectivity index (χ0n) is 15.2. The minimum absolute atomic E-state index is 0.0568. The molecule has 28 heavy (non-hydrogen) atoms. The minimum Gasteiger partial charge on any atom is -0.385 e. The first-order valence-electron chi connectivity index (χ1n) is 9.23. The number of nitrogens with zero attached hydrogens (tertiary/aromatic N) is 2. The highest BCUT2D eigenvalue weighted by molar-refractivity contribution is 9.10. The molecule has 144 valence electrons. The number of thiophene rings is 1. The van der Waals surface area contributed by atoms with Crippen LogP contribution in [0.15, 0.2) is 70.6 Å². The first-order chi connectivity index (χ1) is 13.7. The summed E-state index contributed by atoms with van der Waals surface area (Å²) in [6.07, 6.45) is 2.84. The molecule has 0 amide bonds. The van der Waals surface area contributed by atoms with Crippen molar-refractivity contribution in [3.8, 4) is 0 Å². The Morgan fingerprint density at radius 2 is 2.00 bits per heavy atom. The molecule has 0 bridgehead atoms. The van der Waals surface area contributed by atoms with Crippen molar-refractivity contribution in [3.63, 3.8) is 0 Å². The van der Waals surface area contributed by atoms with E-state index in [-0.39, 0.29) is 12.1 Å². The number of hydrogen-bond acceptors (Lipinski definition) is 4. The smallest absolute Gasteiger partial charge is 0.170 e. The first kappa shape index (κ1) is 19.4. The summed E-state index contributed by atoms with van der Waals surface area (Å²) >= 11 is 11.1. The van der Waals surface area contributed by atoms with Crippen LogP contribution in [0.3, 0.4) is 0 Å². The average molecular weight is 473 g/mol. The summed E-state index contributed by atoms with van der Waals surface area (Å²) in [7, 11) is 0. The van der Waals surface area contributed by atoms with Crippen molar-refractivity contribution < 1.29 is 0 Å². The average Bonchev–Trinajstić information content (AvgIpc) is 3.29. The van der Waals surface area contributed by atoms with Crippen LogP contribution < -0.4 is 10.6 Å². The molecule has 1 fully saturated rings. The van der Waals surface area contributed by atoms with Crippen LogP contribution in [0.4, 0.5) is 5.69 Å². The van der Waals surface area contributed by atoms with Gasteiger partial charge in [0.2, 0.25) is 0 Å². The fourth-order valence-corrected chi connectivity index (χ4v) is 5.40. The zero-order chi connectivity index (χ0) is 19.3. The number of pyridine rings is 1. The van der Waals surface area contributed by atoms with Crippen LogP contribution in [-0.4, -0.2) is 28.1 Å². The molecule has 0 saturated carbocycles. The molecule has 4 rings (SSSR count). The SMILES string of the molecule is S=C1N[C@@H](c2ccccn2)[C@H](c2cc(Br)cs2)N1CCCNc1ccccc1. The number of anilines is 1. The maximum Gasteiger partial charge on any atom is 0.170 e. The number of thiocarbonyl (C=S) groups is 1. The second-order valence-electron chi connectivity index (χ2n) is 6.63. The molecule has 1 aliphatic rings. The van der Waals surface area contributed by atoms with E-state index in [0.717, 1.165) is 40.5 Å². The molecule has 0 spiro atoms. The lowest BCUT2D eigenvalue weighted by Gasteiger charge is -2.27. The Balaban J connectivity index is 1.48. The molecule has 2 atom stereocenters. The van der Waals surface area contributed by atoms with Crippen molar-refractivity contribution >= 4 is 50.3 Å². The summed E-state index contributed by atoms with van der Waals surface area (Å²) in [5, 5.41) is 9.90. The van der Waals surface area contributed by atoms with Crippen molar-refractivity contribution in [2.75, 3.05) is 18.4 Å². The molecule has 4 nitrogen and oxygen atoms in total. The molecule has 0 aliphatic carbocycles. The predicted octanol–water partition coefficient (Wildman–Crippen LogP) is 5.38. The molecule has 1 aliphatic heterocycles. The van der Waals surface area contributed by atoms with Crippen LogP contribution in [0.5, 0.6) is 0 Å². The van der Waals surface area contributed by atoms with Gasteiger partial charge in [-0.1, -0.05) is 24.3 Å². The topological polar surface area (TPSA) is 40.2 Å². The number of nitrogens with one attached hydrogen (secondary N) is 2. The highest BCUT2D eigenvalue weighted by Gasteiger charge is 2.40. The molecule has 1 saturated heterocycles. The quantitative estimate of drug-likeness (QED) is 0.356. The van der Waals surface area contributed by atoms with Gasteiger partial charge in [0.15, 0.2) is 5.11 Å². The van der Waals surface area contributed by atoms with Gasteiger partial charge < -0.3 is 15.5 Å². The standard InChI is InChI=1S/C21H21BrN4S2/c22-15-13-18(28-14-15)20-19(17-9-4-5-10-24-17)25-21(27)26(20)12-6-11-23-16-7-2-1-3-8-16/h1-5,7-10,13-14,19-20,23H,6,11-12H2,(H,25,27)/t19-,20-/m0/s1. The lowest BCUT2D eigenvalue weighted by molar-refractivity contribution is 0.320. The van der Waals surface area contributed by atoms with Crippen molar-refractivity contribution in [3.05, 3.63) is 81.2 Å². The van der Waals surface area contributed by atoms with Crippen LogP contribution in [0, 0.1) is 0 Å². The predicted molar refractivity (Wildman–Crippen MR) is 124 cm³/mol. The van der Waals surface area contributed by atoms with Crippen LogP contribution in [-0.2, 0) is 0 Å². The second kappa shape index (κ2) is 9.03. The van der Waals surface area contributed by atoms with Gasteiger partial charge in [0, 0.05) is 39.7 Å². The summed E-state index contributed by atoms with van der Waals surface area (Å²) < 4.78 is 1.11. The lowest BCUT2D eigenvalue weighted by atomic mass is 10.0. The third-order valence-electron chi connectivity index (χ3n) is 4.76.